The predicted octanol–water partition coefficient (Wildman–Crippen LogP) is 6.18. The van der Waals surface area contributed by atoms with Gasteiger partial charge in [-0.1, -0.05) is 107 Å². The van der Waals surface area contributed by atoms with Crippen LogP contribution in [0.4, 0.5) is 0 Å². The van der Waals surface area contributed by atoms with E-state index in [1.807, 2.05) is 54.6 Å². The van der Waals surface area contributed by atoms with Crippen LogP contribution in [0.3, 0.4) is 0 Å². The zero-order chi connectivity index (χ0) is 24.7. The smallest absolute Gasteiger partial charge is 0.281 e. The first-order valence-corrected chi connectivity index (χ1v) is 12.4. The van der Waals surface area contributed by atoms with Crippen LogP contribution in [0.1, 0.15) is 22.3 Å². The van der Waals surface area contributed by atoms with Crippen molar-refractivity contribution in [2.45, 2.75) is 12.2 Å². The quantitative estimate of drug-likeness (QED) is 0.189. The molecule has 7 heteroatoms. The molecule has 0 aliphatic carbocycles. The SMILES string of the molecule is O=C(N/N=C\c1cc(Br)cc(Br)c1OCc1ccccc1)C(O)(c1ccccc1)c1ccccc1. The van der Waals surface area contributed by atoms with Crippen LogP contribution in [-0.4, -0.2) is 17.2 Å². The molecule has 5 nitrogen and oxygen atoms in total. The summed E-state index contributed by atoms with van der Waals surface area (Å²) in [7, 11) is 0. The second kappa shape index (κ2) is 11.4. The summed E-state index contributed by atoms with van der Waals surface area (Å²) >= 11 is 7.02. The lowest BCUT2D eigenvalue weighted by molar-refractivity contribution is -0.136. The highest BCUT2D eigenvalue weighted by molar-refractivity contribution is 9.11. The van der Waals surface area contributed by atoms with Gasteiger partial charge in [-0.05, 0) is 44.8 Å². The lowest BCUT2D eigenvalue weighted by Crippen LogP contribution is -2.43. The molecule has 0 radical (unpaired) electrons. The predicted molar refractivity (Wildman–Crippen MR) is 144 cm³/mol. The molecule has 0 saturated carbocycles. The molecule has 176 valence electrons. The molecule has 0 spiro atoms. The van der Waals surface area contributed by atoms with E-state index in [1.54, 1.807) is 48.5 Å². The molecule has 1 amide bonds. The van der Waals surface area contributed by atoms with Gasteiger partial charge in [-0.2, -0.15) is 5.10 Å². The largest absolute Gasteiger partial charge is 0.487 e. The van der Waals surface area contributed by atoms with Gasteiger partial charge in [0.15, 0.2) is 5.60 Å². The van der Waals surface area contributed by atoms with Gasteiger partial charge in [-0.3, -0.25) is 4.79 Å². The Morgan fingerprint density at radius 2 is 1.43 bits per heavy atom. The Bertz CT molecular complexity index is 1270. The van der Waals surface area contributed by atoms with Gasteiger partial charge in [0.1, 0.15) is 12.4 Å². The second-order valence-corrected chi connectivity index (χ2v) is 9.49. The third-order valence-electron chi connectivity index (χ3n) is 5.34. The van der Waals surface area contributed by atoms with Crippen LogP contribution in [0.2, 0.25) is 0 Å². The minimum Gasteiger partial charge on any atom is -0.487 e. The Morgan fingerprint density at radius 1 is 0.886 bits per heavy atom. The van der Waals surface area contributed by atoms with Crippen LogP contribution in [0.25, 0.3) is 0 Å². The van der Waals surface area contributed by atoms with E-state index in [-0.39, 0.29) is 0 Å². The zero-order valence-corrected chi connectivity index (χ0v) is 21.7. The number of hydrogen-bond acceptors (Lipinski definition) is 4. The summed E-state index contributed by atoms with van der Waals surface area (Å²) in [4.78, 5) is 13.3. The number of carbonyl (C=O) groups is 1. The summed E-state index contributed by atoms with van der Waals surface area (Å²) in [6.07, 6.45) is 1.49. The van der Waals surface area contributed by atoms with Gasteiger partial charge in [-0.25, -0.2) is 5.43 Å². The average Bonchev–Trinajstić information content (AvgIpc) is 2.89. The van der Waals surface area contributed by atoms with Crippen molar-refractivity contribution in [2.24, 2.45) is 5.10 Å². The third-order valence-corrected chi connectivity index (χ3v) is 6.39. The van der Waals surface area contributed by atoms with Gasteiger partial charge in [0.05, 0.1) is 10.7 Å². The normalized spacial score (nSPS) is 11.4. The number of amides is 1. The first kappa shape index (κ1) is 24.9. The molecular weight excluding hydrogens is 572 g/mol. The van der Waals surface area contributed by atoms with E-state index in [0.717, 1.165) is 14.5 Å². The Morgan fingerprint density at radius 3 is 2.00 bits per heavy atom. The first-order chi connectivity index (χ1) is 17.0. The molecule has 0 heterocycles. The van der Waals surface area contributed by atoms with Crippen LogP contribution in [0.5, 0.6) is 5.75 Å². The van der Waals surface area contributed by atoms with Crippen LogP contribution in [-0.2, 0) is 17.0 Å². The number of hydrogen-bond donors (Lipinski definition) is 2. The molecule has 4 rings (SSSR count). The molecule has 0 unspecified atom stereocenters. The van der Waals surface area contributed by atoms with Crippen molar-refractivity contribution in [2.75, 3.05) is 0 Å². The van der Waals surface area contributed by atoms with Crippen molar-refractivity contribution in [3.8, 4) is 5.75 Å². The molecule has 0 aliphatic heterocycles. The Labute approximate surface area is 220 Å². The fraction of sp³-hybridized carbons (Fsp3) is 0.0714. The van der Waals surface area contributed by atoms with Gasteiger partial charge in [0, 0.05) is 10.0 Å². The van der Waals surface area contributed by atoms with Crippen molar-refractivity contribution in [1.82, 2.24) is 5.43 Å². The number of rotatable bonds is 8. The minimum absolute atomic E-state index is 0.371. The first-order valence-electron chi connectivity index (χ1n) is 10.8. The van der Waals surface area contributed by atoms with E-state index >= 15 is 0 Å². The highest BCUT2D eigenvalue weighted by atomic mass is 79.9. The Hall–Kier alpha value is -3.26. The Balaban J connectivity index is 1.58. The standard InChI is InChI=1S/C28H22Br2N2O3/c29-24-16-21(26(25(30)17-24)35-19-20-10-4-1-5-11-20)18-31-32-27(33)28(34,22-12-6-2-7-13-22)23-14-8-3-9-15-23/h1-18,34H,19H2,(H,32,33)/b31-18-. The molecule has 35 heavy (non-hydrogen) atoms. The zero-order valence-electron chi connectivity index (χ0n) is 18.6. The average molecular weight is 594 g/mol. The number of ether oxygens (including phenoxy) is 1. The van der Waals surface area contributed by atoms with E-state index in [9.17, 15) is 9.90 Å². The van der Waals surface area contributed by atoms with E-state index in [4.69, 9.17) is 4.74 Å². The van der Waals surface area contributed by atoms with Crippen LogP contribution in [0, 0.1) is 0 Å². The number of halogens is 2. The van der Waals surface area contributed by atoms with Gasteiger partial charge in [0.2, 0.25) is 0 Å². The van der Waals surface area contributed by atoms with Crippen LogP contribution < -0.4 is 10.2 Å². The van der Waals surface area contributed by atoms with Crippen molar-refractivity contribution >= 4 is 44.0 Å². The molecule has 0 saturated heterocycles. The van der Waals surface area contributed by atoms with Crippen LogP contribution >= 0.6 is 31.9 Å². The monoisotopic (exact) mass is 592 g/mol. The summed E-state index contributed by atoms with van der Waals surface area (Å²) in [5.74, 6) is -0.0941. The maximum Gasteiger partial charge on any atom is 0.281 e. The fourth-order valence-electron chi connectivity index (χ4n) is 3.59. The number of hydrazone groups is 1. The van der Waals surface area contributed by atoms with Crippen molar-refractivity contribution in [1.29, 1.82) is 0 Å². The number of benzene rings is 4. The topological polar surface area (TPSA) is 70.9 Å². The number of nitrogens with one attached hydrogen (secondary N) is 1. The molecular formula is C28H22Br2N2O3. The molecule has 4 aromatic carbocycles. The minimum atomic E-state index is -1.91. The fourth-order valence-corrected chi connectivity index (χ4v) is 4.96. The molecule has 0 bridgehead atoms. The third kappa shape index (κ3) is 5.88. The molecule has 0 atom stereocenters. The summed E-state index contributed by atoms with van der Waals surface area (Å²) in [6, 6.07) is 31.1. The van der Waals surface area contributed by atoms with Gasteiger partial charge >= 0.3 is 0 Å². The van der Waals surface area contributed by atoms with E-state index in [2.05, 4.69) is 42.4 Å². The summed E-state index contributed by atoms with van der Waals surface area (Å²) in [5, 5.41) is 15.7. The molecule has 4 aromatic rings. The van der Waals surface area contributed by atoms with Crippen molar-refractivity contribution < 1.29 is 14.6 Å². The maximum atomic E-state index is 13.3. The maximum absolute atomic E-state index is 13.3. The van der Waals surface area contributed by atoms with Crippen molar-refractivity contribution in [3.63, 3.8) is 0 Å². The lowest BCUT2D eigenvalue weighted by atomic mass is 9.85. The van der Waals surface area contributed by atoms with Gasteiger partial charge < -0.3 is 9.84 Å². The van der Waals surface area contributed by atoms with Crippen LogP contribution in [0.15, 0.2) is 117 Å². The molecule has 0 fully saturated rings. The highest BCUT2D eigenvalue weighted by Crippen LogP contribution is 2.33. The summed E-state index contributed by atoms with van der Waals surface area (Å²) in [5.41, 5.74) is 3.14. The van der Waals surface area contributed by atoms with Gasteiger partial charge in [0.25, 0.3) is 5.91 Å². The summed E-state index contributed by atoms with van der Waals surface area (Å²) < 4.78 is 7.60. The number of nitrogens with zero attached hydrogens (tertiary/aromatic N) is 1. The van der Waals surface area contributed by atoms with E-state index in [1.165, 1.54) is 6.21 Å². The van der Waals surface area contributed by atoms with E-state index < -0.39 is 11.5 Å². The summed E-state index contributed by atoms with van der Waals surface area (Å²) in [6.45, 7) is 0.371. The molecule has 0 aromatic heterocycles. The lowest BCUT2D eigenvalue weighted by Gasteiger charge is -2.27. The van der Waals surface area contributed by atoms with E-state index in [0.29, 0.717) is 29.0 Å². The molecule has 0 aliphatic rings. The molecule has 2 N–H and O–H groups in total. The van der Waals surface area contributed by atoms with Gasteiger partial charge in [-0.15, -0.1) is 0 Å². The number of aliphatic hydroxyl groups is 1. The highest BCUT2D eigenvalue weighted by Gasteiger charge is 2.39. The Kier molecular flexibility index (Phi) is 8.13. The van der Waals surface area contributed by atoms with Crippen molar-refractivity contribution in [3.05, 3.63) is 134 Å². The second-order valence-electron chi connectivity index (χ2n) is 7.72. The number of carbonyl (C=O) groups excluding carboxylic acids is 1.